The minimum Gasteiger partial charge on any atom is -0.496 e. The third kappa shape index (κ3) is 4.02. The molecule has 2 atom stereocenters. The number of hydrogen-bond donors (Lipinski definition) is 2. The van der Waals surface area contributed by atoms with Gasteiger partial charge in [0.1, 0.15) is 11.4 Å². The Kier molecular flexibility index (Phi) is 6.23. The van der Waals surface area contributed by atoms with Gasteiger partial charge in [0, 0.05) is 0 Å². The molecule has 0 bridgehead atoms. The lowest BCUT2D eigenvalue weighted by molar-refractivity contribution is 0.0987. The van der Waals surface area contributed by atoms with Gasteiger partial charge in [-0.05, 0) is 64.6 Å². The standard InChI is InChI=1S/C31H30O3/c1-34-29-14-8-9-23-21-24(17-20-28(23)29)30(32)22-15-18-27(19-16-22)31(33,25-10-4-2-5-11-25)26-12-6-3-7-13-26/h2-16,18-19,24,30,32-33H,17,20-21H2,1H3. The molecule has 0 aliphatic heterocycles. The van der Waals surface area contributed by atoms with Crippen LogP contribution in [0.2, 0.25) is 0 Å². The van der Waals surface area contributed by atoms with Gasteiger partial charge in [0.05, 0.1) is 13.2 Å². The van der Waals surface area contributed by atoms with Crippen LogP contribution in [0.15, 0.2) is 103 Å². The first-order chi connectivity index (χ1) is 16.6. The number of aliphatic hydroxyl groups excluding tert-OH is 1. The summed E-state index contributed by atoms with van der Waals surface area (Å²) >= 11 is 0. The van der Waals surface area contributed by atoms with Crippen LogP contribution in [-0.4, -0.2) is 17.3 Å². The number of aliphatic hydroxyl groups is 2. The minimum absolute atomic E-state index is 0.146. The van der Waals surface area contributed by atoms with E-state index in [2.05, 4.69) is 6.07 Å². The molecule has 4 aromatic carbocycles. The predicted octanol–water partition coefficient (Wildman–Crippen LogP) is 5.82. The maximum absolute atomic E-state index is 12.0. The summed E-state index contributed by atoms with van der Waals surface area (Å²) in [4.78, 5) is 0. The topological polar surface area (TPSA) is 49.7 Å². The lowest BCUT2D eigenvalue weighted by Gasteiger charge is -2.32. The molecular weight excluding hydrogens is 420 g/mol. The number of benzene rings is 4. The van der Waals surface area contributed by atoms with Gasteiger partial charge in [-0.2, -0.15) is 0 Å². The summed E-state index contributed by atoms with van der Waals surface area (Å²) in [5, 5.41) is 23.2. The van der Waals surface area contributed by atoms with Crippen LogP contribution in [0.4, 0.5) is 0 Å². The van der Waals surface area contributed by atoms with Crippen molar-refractivity contribution in [3.63, 3.8) is 0 Å². The summed E-state index contributed by atoms with van der Waals surface area (Å²) in [5.74, 6) is 1.09. The first kappa shape index (κ1) is 22.4. The van der Waals surface area contributed by atoms with E-state index in [0.29, 0.717) is 0 Å². The summed E-state index contributed by atoms with van der Waals surface area (Å²) in [6, 6.07) is 33.4. The van der Waals surface area contributed by atoms with Crippen molar-refractivity contribution in [3.05, 3.63) is 137 Å². The molecule has 2 N–H and O–H groups in total. The number of hydrogen-bond acceptors (Lipinski definition) is 3. The fourth-order valence-electron chi connectivity index (χ4n) is 5.31. The van der Waals surface area contributed by atoms with E-state index < -0.39 is 11.7 Å². The quantitative estimate of drug-likeness (QED) is 0.364. The van der Waals surface area contributed by atoms with Gasteiger partial charge in [-0.1, -0.05) is 97.1 Å². The number of methoxy groups -OCH3 is 1. The molecule has 0 heterocycles. The van der Waals surface area contributed by atoms with Gasteiger partial charge in [-0.25, -0.2) is 0 Å². The molecule has 0 saturated carbocycles. The number of fused-ring (bicyclic) bond motifs is 1. The zero-order chi connectivity index (χ0) is 23.5. The van der Waals surface area contributed by atoms with Crippen LogP contribution in [-0.2, 0) is 18.4 Å². The molecule has 0 radical (unpaired) electrons. The zero-order valence-corrected chi connectivity index (χ0v) is 19.4. The average molecular weight is 451 g/mol. The van der Waals surface area contributed by atoms with Crippen molar-refractivity contribution in [1.29, 1.82) is 0 Å². The van der Waals surface area contributed by atoms with Crippen LogP contribution >= 0.6 is 0 Å². The highest BCUT2D eigenvalue weighted by Gasteiger charge is 2.34. The first-order valence-electron chi connectivity index (χ1n) is 11.9. The van der Waals surface area contributed by atoms with E-state index in [0.717, 1.165) is 47.3 Å². The lowest BCUT2D eigenvalue weighted by atomic mass is 9.77. The molecule has 2 unspecified atom stereocenters. The van der Waals surface area contributed by atoms with Gasteiger partial charge < -0.3 is 14.9 Å². The van der Waals surface area contributed by atoms with Gasteiger partial charge in [0.15, 0.2) is 0 Å². The monoisotopic (exact) mass is 450 g/mol. The van der Waals surface area contributed by atoms with Crippen molar-refractivity contribution in [3.8, 4) is 5.75 Å². The smallest absolute Gasteiger partial charge is 0.140 e. The third-order valence-corrected chi connectivity index (χ3v) is 7.20. The SMILES string of the molecule is COc1cccc2c1CCC(C(O)c1ccc(C(O)(c3ccccc3)c3ccccc3)cc1)C2. The number of ether oxygens (including phenoxy) is 1. The van der Waals surface area contributed by atoms with Crippen molar-refractivity contribution in [2.24, 2.45) is 5.92 Å². The molecule has 34 heavy (non-hydrogen) atoms. The molecule has 0 aromatic heterocycles. The van der Waals surface area contributed by atoms with Gasteiger partial charge in [0.2, 0.25) is 0 Å². The predicted molar refractivity (Wildman–Crippen MR) is 135 cm³/mol. The molecule has 3 heteroatoms. The van der Waals surface area contributed by atoms with Crippen molar-refractivity contribution >= 4 is 0 Å². The second-order valence-corrected chi connectivity index (χ2v) is 9.11. The van der Waals surface area contributed by atoms with Gasteiger partial charge in [0.25, 0.3) is 0 Å². The van der Waals surface area contributed by atoms with Crippen molar-refractivity contribution in [2.45, 2.75) is 31.0 Å². The molecule has 0 saturated heterocycles. The van der Waals surface area contributed by atoms with Crippen LogP contribution in [0, 0.1) is 5.92 Å². The van der Waals surface area contributed by atoms with Crippen molar-refractivity contribution in [2.75, 3.05) is 7.11 Å². The largest absolute Gasteiger partial charge is 0.496 e. The second-order valence-electron chi connectivity index (χ2n) is 9.11. The summed E-state index contributed by atoms with van der Waals surface area (Å²) in [5.41, 5.74) is 4.53. The van der Waals surface area contributed by atoms with E-state index in [1.165, 1.54) is 11.1 Å². The van der Waals surface area contributed by atoms with E-state index in [1.54, 1.807) is 7.11 Å². The Morgan fingerprint density at radius 2 is 1.35 bits per heavy atom. The summed E-state index contributed by atoms with van der Waals surface area (Å²) < 4.78 is 5.52. The van der Waals surface area contributed by atoms with Crippen LogP contribution in [0.3, 0.4) is 0 Å². The Morgan fingerprint density at radius 1 is 0.765 bits per heavy atom. The summed E-state index contributed by atoms with van der Waals surface area (Å²) in [7, 11) is 1.71. The zero-order valence-electron chi connectivity index (χ0n) is 19.4. The Hall–Kier alpha value is -3.40. The van der Waals surface area contributed by atoms with E-state index in [1.807, 2.05) is 97.1 Å². The molecule has 4 aromatic rings. The molecule has 1 aliphatic rings. The Balaban J connectivity index is 1.43. The van der Waals surface area contributed by atoms with Gasteiger partial charge in [-0.3, -0.25) is 0 Å². The van der Waals surface area contributed by atoms with E-state index in [4.69, 9.17) is 4.74 Å². The summed E-state index contributed by atoms with van der Waals surface area (Å²) in [6.45, 7) is 0. The highest BCUT2D eigenvalue weighted by molar-refractivity contribution is 5.48. The van der Waals surface area contributed by atoms with Gasteiger partial charge >= 0.3 is 0 Å². The van der Waals surface area contributed by atoms with E-state index in [9.17, 15) is 10.2 Å². The Morgan fingerprint density at radius 3 is 1.94 bits per heavy atom. The summed E-state index contributed by atoms with van der Waals surface area (Å²) in [6.07, 6.45) is 2.08. The molecule has 0 amide bonds. The van der Waals surface area contributed by atoms with Crippen LogP contribution in [0.25, 0.3) is 0 Å². The van der Waals surface area contributed by atoms with Crippen molar-refractivity contribution < 1.29 is 14.9 Å². The normalized spacial score (nSPS) is 16.5. The maximum Gasteiger partial charge on any atom is 0.140 e. The molecule has 0 spiro atoms. The van der Waals surface area contributed by atoms with Crippen LogP contribution in [0.5, 0.6) is 5.75 Å². The molecule has 3 nitrogen and oxygen atoms in total. The first-order valence-corrected chi connectivity index (χ1v) is 11.9. The van der Waals surface area contributed by atoms with Crippen LogP contribution in [0.1, 0.15) is 45.9 Å². The fourth-order valence-corrected chi connectivity index (χ4v) is 5.31. The fraction of sp³-hybridized carbons (Fsp3) is 0.226. The highest BCUT2D eigenvalue weighted by atomic mass is 16.5. The lowest BCUT2D eigenvalue weighted by Crippen LogP contribution is -2.29. The van der Waals surface area contributed by atoms with Crippen LogP contribution < -0.4 is 4.74 Å². The minimum atomic E-state index is -1.27. The second kappa shape index (κ2) is 9.46. The Bertz CT molecular complexity index is 1190. The molecule has 172 valence electrons. The molecule has 5 rings (SSSR count). The van der Waals surface area contributed by atoms with Crippen molar-refractivity contribution in [1.82, 2.24) is 0 Å². The molecule has 0 fully saturated rings. The maximum atomic E-state index is 12.0. The molecular formula is C31H30O3. The molecule has 1 aliphatic carbocycles. The highest BCUT2D eigenvalue weighted by Crippen LogP contribution is 2.40. The average Bonchev–Trinajstić information content (AvgIpc) is 2.92. The number of rotatable bonds is 6. The van der Waals surface area contributed by atoms with Gasteiger partial charge in [-0.15, -0.1) is 0 Å². The van der Waals surface area contributed by atoms with E-state index in [-0.39, 0.29) is 5.92 Å². The third-order valence-electron chi connectivity index (χ3n) is 7.20. The van der Waals surface area contributed by atoms with E-state index >= 15 is 0 Å². The Labute approximate surface area is 201 Å².